The van der Waals surface area contributed by atoms with Gasteiger partial charge in [0.05, 0.1) is 6.04 Å². The van der Waals surface area contributed by atoms with E-state index in [0.29, 0.717) is 5.69 Å². The number of likely N-dealkylation sites (N-methyl/N-ethyl adjacent to an activating group) is 1. The molecule has 1 aliphatic heterocycles. The summed E-state index contributed by atoms with van der Waals surface area (Å²) in [5, 5.41) is 3.12. The maximum atomic E-state index is 12.7. The van der Waals surface area contributed by atoms with Crippen LogP contribution >= 0.6 is 11.8 Å². The van der Waals surface area contributed by atoms with Crippen LogP contribution in [-0.2, 0) is 4.79 Å². The third kappa shape index (κ3) is 2.36. The summed E-state index contributed by atoms with van der Waals surface area (Å²) >= 11 is 1.71. The van der Waals surface area contributed by atoms with Crippen LogP contribution in [0, 0.1) is 5.82 Å². The third-order valence-corrected chi connectivity index (χ3v) is 3.50. The highest BCUT2D eigenvalue weighted by Crippen LogP contribution is 2.17. The van der Waals surface area contributed by atoms with Gasteiger partial charge in [0.15, 0.2) is 0 Å². The highest BCUT2D eigenvalue weighted by molar-refractivity contribution is 7.99. The topological polar surface area (TPSA) is 32.3 Å². The van der Waals surface area contributed by atoms with Crippen molar-refractivity contribution in [3.63, 3.8) is 0 Å². The smallest absolute Gasteiger partial charge is 0.244 e. The summed E-state index contributed by atoms with van der Waals surface area (Å²) in [5.74, 6) is 1.34. The monoisotopic (exact) mass is 240 g/mol. The Hall–Kier alpha value is -1.07. The first-order valence-electron chi connectivity index (χ1n) is 5.03. The highest BCUT2D eigenvalue weighted by atomic mass is 32.2. The molecule has 16 heavy (non-hydrogen) atoms. The van der Waals surface area contributed by atoms with Gasteiger partial charge in [0, 0.05) is 24.4 Å². The summed E-state index contributed by atoms with van der Waals surface area (Å²) < 4.78 is 12.7. The normalized spacial score (nSPS) is 19.8. The molecule has 0 bridgehead atoms. The molecule has 3 nitrogen and oxygen atoms in total. The molecule has 1 aromatic carbocycles. The Bertz CT molecular complexity index is 376. The lowest BCUT2D eigenvalue weighted by Crippen LogP contribution is -2.43. The Morgan fingerprint density at radius 3 is 2.75 bits per heavy atom. The molecule has 2 rings (SSSR count). The lowest BCUT2D eigenvalue weighted by atomic mass is 10.2. The number of rotatable bonds is 2. The molecular weight excluding hydrogens is 227 g/mol. The minimum Gasteiger partial charge on any atom is -0.314 e. The van der Waals surface area contributed by atoms with Gasteiger partial charge in [-0.1, -0.05) is 0 Å². The Labute approximate surface area is 98.0 Å². The highest BCUT2D eigenvalue weighted by Gasteiger charge is 2.25. The number of hydrogen-bond acceptors (Lipinski definition) is 3. The van der Waals surface area contributed by atoms with Gasteiger partial charge in [-0.2, -0.15) is 0 Å². The lowest BCUT2D eigenvalue weighted by molar-refractivity contribution is -0.119. The van der Waals surface area contributed by atoms with Crippen LogP contribution in [0.2, 0.25) is 0 Å². The van der Waals surface area contributed by atoms with Crippen LogP contribution in [0.25, 0.3) is 0 Å². The molecule has 0 aromatic heterocycles. The minimum absolute atomic E-state index is 0.0246. The van der Waals surface area contributed by atoms with Gasteiger partial charge in [-0.15, -0.1) is 11.8 Å². The molecule has 1 heterocycles. The third-order valence-electron chi connectivity index (χ3n) is 2.56. The van der Waals surface area contributed by atoms with Crippen LogP contribution in [-0.4, -0.2) is 30.6 Å². The van der Waals surface area contributed by atoms with E-state index in [9.17, 15) is 9.18 Å². The van der Waals surface area contributed by atoms with E-state index in [1.54, 1.807) is 35.8 Å². The van der Waals surface area contributed by atoms with Crippen LogP contribution in [0.3, 0.4) is 0 Å². The maximum absolute atomic E-state index is 12.7. The van der Waals surface area contributed by atoms with E-state index in [-0.39, 0.29) is 17.8 Å². The van der Waals surface area contributed by atoms with E-state index >= 15 is 0 Å². The number of anilines is 1. The molecule has 1 unspecified atom stereocenters. The SMILES string of the molecule is CN(C(=O)C1CSCN1)c1ccc(F)cc1. The standard InChI is InChI=1S/C11H13FN2OS/c1-14(9-4-2-8(12)3-5-9)11(15)10-6-16-7-13-10/h2-5,10,13H,6-7H2,1H3. The molecule has 1 N–H and O–H groups in total. The molecule has 1 atom stereocenters. The predicted molar refractivity (Wildman–Crippen MR) is 64.1 cm³/mol. The first-order valence-corrected chi connectivity index (χ1v) is 6.18. The summed E-state index contributed by atoms with van der Waals surface area (Å²) in [5.41, 5.74) is 0.713. The molecule has 1 aliphatic rings. The van der Waals surface area contributed by atoms with E-state index in [2.05, 4.69) is 5.32 Å². The van der Waals surface area contributed by atoms with E-state index in [1.807, 2.05) is 0 Å². The number of carbonyl (C=O) groups excluding carboxylic acids is 1. The zero-order valence-corrected chi connectivity index (χ0v) is 9.76. The number of amides is 1. The number of nitrogens with zero attached hydrogens (tertiary/aromatic N) is 1. The van der Waals surface area contributed by atoms with Crippen molar-refractivity contribution in [2.24, 2.45) is 0 Å². The number of hydrogen-bond donors (Lipinski definition) is 1. The van der Waals surface area contributed by atoms with Crippen molar-refractivity contribution in [2.45, 2.75) is 6.04 Å². The second kappa shape index (κ2) is 4.84. The summed E-state index contributed by atoms with van der Waals surface area (Å²) in [7, 11) is 1.71. The quantitative estimate of drug-likeness (QED) is 0.849. The molecule has 0 aliphatic carbocycles. The maximum Gasteiger partial charge on any atom is 0.244 e. The van der Waals surface area contributed by atoms with Gasteiger partial charge < -0.3 is 4.90 Å². The summed E-state index contributed by atoms with van der Waals surface area (Å²) in [6, 6.07) is 5.80. The van der Waals surface area contributed by atoms with E-state index < -0.39 is 0 Å². The van der Waals surface area contributed by atoms with Crippen LogP contribution in [0.5, 0.6) is 0 Å². The largest absolute Gasteiger partial charge is 0.314 e. The number of halogens is 1. The van der Waals surface area contributed by atoms with Crippen LogP contribution < -0.4 is 10.2 Å². The molecular formula is C11H13FN2OS. The predicted octanol–water partition coefficient (Wildman–Crippen LogP) is 1.45. The number of benzene rings is 1. The molecule has 1 saturated heterocycles. The molecule has 1 aromatic rings. The Kier molecular flexibility index (Phi) is 3.46. The second-order valence-electron chi connectivity index (χ2n) is 3.65. The molecule has 0 saturated carbocycles. The zero-order chi connectivity index (χ0) is 11.5. The average molecular weight is 240 g/mol. The summed E-state index contributed by atoms with van der Waals surface area (Å²) in [6.07, 6.45) is 0. The number of carbonyl (C=O) groups is 1. The van der Waals surface area contributed by atoms with Gasteiger partial charge in [-0.25, -0.2) is 4.39 Å². The fourth-order valence-corrected chi connectivity index (χ4v) is 2.51. The molecule has 1 amide bonds. The van der Waals surface area contributed by atoms with Crippen molar-refractivity contribution >= 4 is 23.4 Å². The summed E-state index contributed by atoms with van der Waals surface area (Å²) in [4.78, 5) is 13.5. The lowest BCUT2D eigenvalue weighted by Gasteiger charge is -2.20. The first-order chi connectivity index (χ1) is 7.68. The van der Waals surface area contributed by atoms with Gasteiger partial charge in [-0.3, -0.25) is 10.1 Å². The number of nitrogens with one attached hydrogen (secondary N) is 1. The Morgan fingerprint density at radius 1 is 1.50 bits per heavy atom. The van der Waals surface area contributed by atoms with Crippen molar-refractivity contribution in [2.75, 3.05) is 23.6 Å². The van der Waals surface area contributed by atoms with Gasteiger partial charge >= 0.3 is 0 Å². The Morgan fingerprint density at radius 2 is 2.19 bits per heavy atom. The Balaban J connectivity index is 2.08. The van der Waals surface area contributed by atoms with Crippen LogP contribution in [0.4, 0.5) is 10.1 Å². The van der Waals surface area contributed by atoms with Crippen molar-refractivity contribution in [1.82, 2.24) is 5.32 Å². The number of thioether (sulfide) groups is 1. The average Bonchev–Trinajstić information content (AvgIpc) is 2.81. The van der Waals surface area contributed by atoms with Crippen molar-refractivity contribution in [3.8, 4) is 0 Å². The fraction of sp³-hybridized carbons (Fsp3) is 0.364. The molecule has 0 radical (unpaired) electrons. The van der Waals surface area contributed by atoms with E-state index in [4.69, 9.17) is 0 Å². The summed E-state index contributed by atoms with van der Waals surface area (Å²) in [6.45, 7) is 0. The molecule has 0 spiro atoms. The molecule has 1 fully saturated rings. The molecule has 5 heteroatoms. The van der Waals surface area contributed by atoms with E-state index in [1.165, 1.54) is 12.1 Å². The second-order valence-corrected chi connectivity index (χ2v) is 4.68. The van der Waals surface area contributed by atoms with Crippen molar-refractivity contribution in [1.29, 1.82) is 0 Å². The molecule has 86 valence electrons. The minimum atomic E-state index is -0.292. The first kappa shape index (κ1) is 11.4. The van der Waals surface area contributed by atoms with Crippen molar-refractivity contribution in [3.05, 3.63) is 30.1 Å². The van der Waals surface area contributed by atoms with Gasteiger partial charge in [0.2, 0.25) is 5.91 Å². The van der Waals surface area contributed by atoms with Gasteiger partial charge in [-0.05, 0) is 24.3 Å². The fourth-order valence-electron chi connectivity index (χ4n) is 1.58. The van der Waals surface area contributed by atoms with E-state index in [0.717, 1.165) is 11.6 Å². The zero-order valence-electron chi connectivity index (χ0n) is 8.94. The van der Waals surface area contributed by atoms with Gasteiger partial charge in [0.25, 0.3) is 0 Å². The van der Waals surface area contributed by atoms with Gasteiger partial charge in [0.1, 0.15) is 5.82 Å². The van der Waals surface area contributed by atoms with Crippen LogP contribution in [0.15, 0.2) is 24.3 Å². The van der Waals surface area contributed by atoms with Crippen LogP contribution in [0.1, 0.15) is 0 Å². The van der Waals surface area contributed by atoms with Crippen molar-refractivity contribution < 1.29 is 9.18 Å².